The summed E-state index contributed by atoms with van der Waals surface area (Å²) in [5, 5.41) is 0. The van der Waals surface area contributed by atoms with Crippen LogP contribution in [-0.2, 0) is 20.0 Å². The van der Waals surface area contributed by atoms with Crippen molar-refractivity contribution in [2.24, 2.45) is 0 Å². The molecule has 0 aliphatic heterocycles. The largest absolute Gasteiger partial charge is 0.396 e. The smallest absolute Gasteiger partial charge is 0.240 e. The van der Waals surface area contributed by atoms with Gasteiger partial charge in [-0.2, -0.15) is 0 Å². The van der Waals surface area contributed by atoms with E-state index in [4.69, 9.17) is 5.73 Å². The van der Waals surface area contributed by atoms with Crippen molar-refractivity contribution in [3.63, 3.8) is 0 Å². The fraction of sp³-hybridized carbons (Fsp3) is 0.400. The monoisotopic (exact) mass is 325 g/mol. The summed E-state index contributed by atoms with van der Waals surface area (Å²) in [6, 6.07) is 2.01. The lowest BCUT2D eigenvalue weighted by Gasteiger charge is -2.10. The van der Waals surface area contributed by atoms with Crippen molar-refractivity contribution >= 4 is 25.7 Å². The van der Waals surface area contributed by atoms with E-state index < -0.39 is 31.6 Å². The van der Waals surface area contributed by atoms with Gasteiger partial charge in [0.25, 0.3) is 0 Å². The number of nitrogens with one attached hydrogen (secondary N) is 2. The van der Waals surface area contributed by atoms with Gasteiger partial charge in [-0.05, 0) is 31.7 Å². The van der Waals surface area contributed by atoms with Gasteiger partial charge in [-0.25, -0.2) is 30.7 Å². The molecule has 0 radical (unpaired) electrons. The SMILES string of the molecule is CNS(=O)(=O)CCNS(=O)(=O)c1cc(N)c(F)cc1C. The van der Waals surface area contributed by atoms with E-state index in [1.807, 2.05) is 0 Å². The molecule has 20 heavy (non-hydrogen) atoms. The fourth-order valence-corrected chi connectivity index (χ4v) is 3.44. The van der Waals surface area contributed by atoms with E-state index in [1.165, 1.54) is 14.0 Å². The first-order valence-electron chi connectivity index (χ1n) is 5.55. The fourth-order valence-electron chi connectivity index (χ4n) is 1.45. The molecule has 0 saturated carbocycles. The van der Waals surface area contributed by atoms with Gasteiger partial charge in [0.15, 0.2) is 0 Å². The highest BCUT2D eigenvalue weighted by Gasteiger charge is 2.19. The number of nitrogen functional groups attached to an aromatic ring is 1. The highest BCUT2D eigenvalue weighted by atomic mass is 32.2. The van der Waals surface area contributed by atoms with Crippen LogP contribution in [0.1, 0.15) is 5.56 Å². The second kappa shape index (κ2) is 6.04. The Kier molecular flexibility index (Phi) is 5.08. The van der Waals surface area contributed by atoms with Crippen molar-refractivity contribution in [3.8, 4) is 0 Å². The highest BCUT2D eigenvalue weighted by molar-refractivity contribution is 7.90. The van der Waals surface area contributed by atoms with Gasteiger partial charge in [0.2, 0.25) is 20.0 Å². The summed E-state index contributed by atoms with van der Waals surface area (Å²) in [5.41, 5.74) is 5.22. The van der Waals surface area contributed by atoms with Gasteiger partial charge < -0.3 is 5.73 Å². The summed E-state index contributed by atoms with van der Waals surface area (Å²) in [7, 11) is -6.23. The van der Waals surface area contributed by atoms with Gasteiger partial charge in [0, 0.05) is 6.54 Å². The molecule has 0 heterocycles. The van der Waals surface area contributed by atoms with Crippen molar-refractivity contribution in [1.29, 1.82) is 0 Å². The maximum absolute atomic E-state index is 13.2. The molecule has 0 atom stereocenters. The van der Waals surface area contributed by atoms with E-state index in [-0.39, 0.29) is 22.7 Å². The van der Waals surface area contributed by atoms with Crippen LogP contribution in [0, 0.1) is 12.7 Å². The molecule has 114 valence electrons. The first-order chi connectivity index (χ1) is 9.09. The molecule has 0 amide bonds. The third kappa shape index (κ3) is 4.13. The van der Waals surface area contributed by atoms with Crippen molar-refractivity contribution in [2.75, 3.05) is 25.1 Å². The molecule has 0 aliphatic carbocycles. The molecule has 1 rings (SSSR count). The maximum Gasteiger partial charge on any atom is 0.240 e. The zero-order valence-corrected chi connectivity index (χ0v) is 12.6. The molecule has 1 aromatic carbocycles. The number of hydrogen-bond acceptors (Lipinski definition) is 5. The zero-order chi connectivity index (χ0) is 15.6. The number of aryl methyl sites for hydroxylation is 1. The van der Waals surface area contributed by atoms with Crippen LogP contribution in [-0.4, -0.2) is 36.2 Å². The zero-order valence-electron chi connectivity index (χ0n) is 11.0. The Bertz CT molecular complexity index is 701. The van der Waals surface area contributed by atoms with Crippen LogP contribution < -0.4 is 15.2 Å². The second-order valence-corrected chi connectivity index (χ2v) is 7.84. The Balaban J connectivity index is 2.93. The number of sulfonamides is 2. The molecular formula is C10H16FN3O4S2. The van der Waals surface area contributed by atoms with E-state index in [1.54, 1.807) is 0 Å². The first kappa shape index (κ1) is 16.8. The van der Waals surface area contributed by atoms with E-state index >= 15 is 0 Å². The summed E-state index contributed by atoms with van der Waals surface area (Å²) in [6.45, 7) is 1.11. The molecule has 0 spiro atoms. The Morgan fingerprint density at radius 2 is 1.85 bits per heavy atom. The van der Waals surface area contributed by atoms with Crippen LogP contribution in [0.3, 0.4) is 0 Å². The van der Waals surface area contributed by atoms with Crippen molar-refractivity contribution in [3.05, 3.63) is 23.5 Å². The van der Waals surface area contributed by atoms with Crippen molar-refractivity contribution in [1.82, 2.24) is 9.44 Å². The number of anilines is 1. The van der Waals surface area contributed by atoms with Crippen LogP contribution in [0.2, 0.25) is 0 Å². The van der Waals surface area contributed by atoms with E-state index in [0.29, 0.717) is 0 Å². The minimum atomic E-state index is -3.95. The molecule has 4 N–H and O–H groups in total. The molecular weight excluding hydrogens is 309 g/mol. The number of nitrogens with two attached hydrogens (primary N) is 1. The number of benzene rings is 1. The van der Waals surface area contributed by atoms with Gasteiger partial charge >= 0.3 is 0 Å². The van der Waals surface area contributed by atoms with Gasteiger partial charge in [0.05, 0.1) is 16.3 Å². The Labute approximate surface area is 117 Å². The first-order valence-corrected chi connectivity index (χ1v) is 8.69. The third-order valence-electron chi connectivity index (χ3n) is 2.56. The number of rotatable bonds is 6. The normalized spacial score (nSPS) is 12.6. The lowest BCUT2D eigenvalue weighted by atomic mass is 10.2. The Morgan fingerprint density at radius 1 is 1.25 bits per heavy atom. The predicted octanol–water partition coefficient (Wildman–Crippen LogP) is -0.456. The van der Waals surface area contributed by atoms with Crippen LogP contribution in [0.4, 0.5) is 10.1 Å². The molecule has 1 aromatic rings. The highest BCUT2D eigenvalue weighted by Crippen LogP contribution is 2.21. The third-order valence-corrected chi connectivity index (χ3v) is 5.52. The van der Waals surface area contributed by atoms with Crippen molar-refractivity contribution < 1.29 is 21.2 Å². The van der Waals surface area contributed by atoms with Gasteiger partial charge in [-0.3, -0.25) is 0 Å². The van der Waals surface area contributed by atoms with E-state index in [0.717, 1.165) is 12.1 Å². The Morgan fingerprint density at radius 3 is 2.40 bits per heavy atom. The average molecular weight is 325 g/mol. The van der Waals surface area contributed by atoms with E-state index in [2.05, 4.69) is 9.44 Å². The number of hydrogen-bond donors (Lipinski definition) is 3. The standard InChI is InChI=1S/C10H16FN3O4S2/c1-7-5-8(11)9(12)6-10(7)20(17,18)14-3-4-19(15,16)13-2/h5-6,13-14H,3-4,12H2,1-2H3. The van der Waals surface area contributed by atoms with Gasteiger partial charge in [-0.1, -0.05) is 0 Å². The summed E-state index contributed by atoms with van der Waals surface area (Å²) in [6.07, 6.45) is 0. The quantitative estimate of drug-likeness (QED) is 0.612. The topological polar surface area (TPSA) is 118 Å². The predicted molar refractivity (Wildman–Crippen MR) is 73.6 cm³/mol. The number of halogens is 1. The summed E-state index contributed by atoms with van der Waals surface area (Å²) in [4.78, 5) is -0.182. The molecule has 0 aromatic heterocycles. The lowest BCUT2D eigenvalue weighted by molar-refractivity contribution is 0.577. The average Bonchev–Trinajstić information content (AvgIpc) is 2.33. The minimum absolute atomic E-state index is 0.181. The molecule has 0 bridgehead atoms. The van der Waals surface area contributed by atoms with Gasteiger partial charge in [0.1, 0.15) is 5.82 Å². The van der Waals surface area contributed by atoms with Crippen LogP contribution in [0.15, 0.2) is 17.0 Å². The second-order valence-electron chi connectivity index (χ2n) is 4.06. The lowest BCUT2D eigenvalue weighted by Crippen LogP contribution is -2.33. The molecule has 0 fully saturated rings. The van der Waals surface area contributed by atoms with Crippen LogP contribution >= 0.6 is 0 Å². The molecule has 10 heteroatoms. The minimum Gasteiger partial charge on any atom is -0.396 e. The molecule has 7 nitrogen and oxygen atoms in total. The maximum atomic E-state index is 13.2. The Hall–Kier alpha value is -1.23. The van der Waals surface area contributed by atoms with Crippen LogP contribution in [0.25, 0.3) is 0 Å². The van der Waals surface area contributed by atoms with Crippen LogP contribution in [0.5, 0.6) is 0 Å². The van der Waals surface area contributed by atoms with Gasteiger partial charge in [-0.15, -0.1) is 0 Å². The summed E-state index contributed by atoms with van der Waals surface area (Å²) in [5.74, 6) is -1.11. The molecule has 0 aliphatic rings. The molecule has 0 unspecified atom stereocenters. The summed E-state index contributed by atoms with van der Waals surface area (Å²) >= 11 is 0. The molecule has 0 saturated heterocycles. The van der Waals surface area contributed by atoms with Crippen molar-refractivity contribution in [2.45, 2.75) is 11.8 Å². The van der Waals surface area contributed by atoms with E-state index in [9.17, 15) is 21.2 Å². The summed E-state index contributed by atoms with van der Waals surface area (Å²) < 4.78 is 63.7.